The largest absolute Gasteiger partial charge is 0.508 e. The minimum atomic E-state index is -0.227. The van der Waals surface area contributed by atoms with Crippen LogP contribution in [-0.2, 0) is 16.0 Å². The second kappa shape index (κ2) is 6.56. The SMILES string of the molecule is COC(=O)CC[C@H]1CC2(C)C(O)CCC2C2CCc3cc(O)ccc3C21. The van der Waals surface area contributed by atoms with Crippen molar-refractivity contribution in [2.24, 2.45) is 23.2 Å². The van der Waals surface area contributed by atoms with Gasteiger partial charge in [0.15, 0.2) is 0 Å². The average molecular weight is 358 g/mol. The number of hydrogen-bond donors (Lipinski definition) is 2. The maximum absolute atomic E-state index is 11.8. The molecule has 6 atom stereocenters. The highest BCUT2D eigenvalue weighted by Gasteiger charge is 2.57. The molecule has 1 aromatic rings. The highest BCUT2D eigenvalue weighted by Crippen LogP contribution is 2.63. The molecule has 2 N–H and O–H groups in total. The van der Waals surface area contributed by atoms with Gasteiger partial charge in [0.2, 0.25) is 0 Å². The molecule has 0 heterocycles. The van der Waals surface area contributed by atoms with Crippen molar-refractivity contribution in [3.05, 3.63) is 29.3 Å². The lowest BCUT2D eigenvalue weighted by atomic mass is 9.51. The Morgan fingerprint density at radius 3 is 2.88 bits per heavy atom. The number of phenols is 1. The van der Waals surface area contributed by atoms with E-state index in [-0.39, 0.29) is 17.5 Å². The number of methoxy groups -OCH3 is 1. The molecule has 0 radical (unpaired) electrons. The Morgan fingerprint density at radius 2 is 2.12 bits per heavy atom. The highest BCUT2D eigenvalue weighted by molar-refractivity contribution is 5.69. The number of carbonyl (C=O) groups is 1. The predicted molar refractivity (Wildman–Crippen MR) is 98.9 cm³/mol. The van der Waals surface area contributed by atoms with E-state index in [1.54, 1.807) is 6.07 Å². The number of aliphatic hydroxyl groups is 1. The maximum Gasteiger partial charge on any atom is 0.305 e. The second-order valence-corrected chi connectivity index (χ2v) is 8.90. The molecule has 4 nitrogen and oxygen atoms in total. The molecule has 0 aliphatic heterocycles. The molecular formula is C22H30O4. The maximum atomic E-state index is 11.8. The fourth-order valence-corrected chi connectivity index (χ4v) is 6.53. The molecule has 5 unspecified atom stereocenters. The van der Waals surface area contributed by atoms with Gasteiger partial charge in [-0.15, -0.1) is 0 Å². The molecule has 0 saturated heterocycles. The van der Waals surface area contributed by atoms with Gasteiger partial charge in [-0.1, -0.05) is 13.0 Å². The summed E-state index contributed by atoms with van der Waals surface area (Å²) in [6.07, 6.45) is 6.11. The zero-order valence-corrected chi connectivity index (χ0v) is 15.8. The third kappa shape index (κ3) is 2.74. The predicted octanol–water partition coefficient (Wildman–Crippen LogP) is 3.79. The summed E-state index contributed by atoms with van der Waals surface area (Å²) in [6, 6.07) is 5.82. The summed E-state index contributed by atoms with van der Waals surface area (Å²) >= 11 is 0. The van der Waals surface area contributed by atoms with Crippen molar-refractivity contribution in [2.45, 2.75) is 63.9 Å². The van der Waals surface area contributed by atoms with Gasteiger partial charge in [0.1, 0.15) is 5.75 Å². The number of benzene rings is 1. The minimum absolute atomic E-state index is 0.0314. The molecule has 3 aliphatic carbocycles. The van der Waals surface area contributed by atoms with Crippen LogP contribution in [0.2, 0.25) is 0 Å². The van der Waals surface area contributed by atoms with Gasteiger partial charge in [0.25, 0.3) is 0 Å². The first kappa shape index (κ1) is 17.8. The zero-order chi connectivity index (χ0) is 18.5. The van der Waals surface area contributed by atoms with E-state index >= 15 is 0 Å². The number of aromatic hydroxyl groups is 1. The van der Waals surface area contributed by atoms with E-state index in [1.165, 1.54) is 18.2 Å². The van der Waals surface area contributed by atoms with Crippen molar-refractivity contribution in [2.75, 3.05) is 7.11 Å². The summed E-state index contributed by atoms with van der Waals surface area (Å²) in [4.78, 5) is 11.8. The number of phenolic OH excluding ortho intramolecular Hbond substituents is 1. The Kier molecular flexibility index (Phi) is 4.50. The fraction of sp³-hybridized carbons (Fsp3) is 0.682. The van der Waals surface area contributed by atoms with Crippen molar-refractivity contribution in [1.29, 1.82) is 0 Å². The lowest BCUT2D eigenvalue weighted by Gasteiger charge is -2.54. The van der Waals surface area contributed by atoms with Crippen LogP contribution in [0, 0.1) is 23.2 Å². The van der Waals surface area contributed by atoms with Gasteiger partial charge >= 0.3 is 5.97 Å². The molecule has 0 amide bonds. The molecule has 2 saturated carbocycles. The van der Waals surface area contributed by atoms with Crippen molar-refractivity contribution >= 4 is 5.97 Å². The van der Waals surface area contributed by atoms with Crippen LogP contribution in [0.1, 0.15) is 62.5 Å². The molecule has 4 rings (SSSR count). The molecule has 0 aromatic heterocycles. The smallest absolute Gasteiger partial charge is 0.305 e. The van der Waals surface area contributed by atoms with E-state index in [9.17, 15) is 15.0 Å². The number of hydrogen-bond acceptors (Lipinski definition) is 4. The van der Waals surface area contributed by atoms with Gasteiger partial charge < -0.3 is 14.9 Å². The van der Waals surface area contributed by atoms with Gasteiger partial charge in [-0.2, -0.15) is 0 Å². The van der Waals surface area contributed by atoms with E-state index in [2.05, 4.69) is 13.0 Å². The third-order valence-electron chi connectivity index (χ3n) is 7.73. The minimum Gasteiger partial charge on any atom is -0.508 e. The molecule has 1 aromatic carbocycles. The van der Waals surface area contributed by atoms with Crippen molar-refractivity contribution in [1.82, 2.24) is 0 Å². The van der Waals surface area contributed by atoms with Gasteiger partial charge in [-0.3, -0.25) is 4.79 Å². The van der Waals surface area contributed by atoms with Gasteiger partial charge in [-0.25, -0.2) is 0 Å². The summed E-state index contributed by atoms with van der Waals surface area (Å²) in [5, 5.41) is 20.6. The van der Waals surface area contributed by atoms with E-state index in [0.717, 1.165) is 38.5 Å². The molecule has 26 heavy (non-hydrogen) atoms. The topological polar surface area (TPSA) is 66.8 Å². The monoisotopic (exact) mass is 358 g/mol. The van der Waals surface area contributed by atoms with E-state index in [0.29, 0.717) is 35.8 Å². The van der Waals surface area contributed by atoms with Crippen LogP contribution in [0.3, 0.4) is 0 Å². The Bertz CT molecular complexity index is 699. The molecule has 142 valence electrons. The zero-order valence-electron chi connectivity index (χ0n) is 15.8. The van der Waals surface area contributed by atoms with Crippen LogP contribution in [-0.4, -0.2) is 29.4 Å². The summed E-state index contributed by atoms with van der Waals surface area (Å²) in [6.45, 7) is 2.27. The first-order valence-electron chi connectivity index (χ1n) is 10.0. The quantitative estimate of drug-likeness (QED) is 0.807. The number of esters is 1. The van der Waals surface area contributed by atoms with Crippen LogP contribution in [0.15, 0.2) is 18.2 Å². The van der Waals surface area contributed by atoms with Gasteiger partial charge in [0.05, 0.1) is 13.2 Å². The number of ether oxygens (including phenoxy) is 1. The fourth-order valence-electron chi connectivity index (χ4n) is 6.53. The molecule has 2 fully saturated rings. The summed E-state index contributed by atoms with van der Waals surface area (Å²) in [5.74, 6) is 2.10. The highest BCUT2D eigenvalue weighted by atomic mass is 16.5. The van der Waals surface area contributed by atoms with Crippen molar-refractivity contribution in [3.63, 3.8) is 0 Å². The molecule has 4 heteroatoms. The normalized spacial score (nSPS) is 38.2. The van der Waals surface area contributed by atoms with Crippen LogP contribution >= 0.6 is 0 Å². The first-order chi connectivity index (χ1) is 12.4. The Balaban J connectivity index is 1.70. The average Bonchev–Trinajstić information content (AvgIpc) is 2.93. The van der Waals surface area contributed by atoms with Crippen molar-refractivity contribution < 1.29 is 19.7 Å². The van der Waals surface area contributed by atoms with Crippen LogP contribution in [0.25, 0.3) is 0 Å². The van der Waals surface area contributed by atoms with Gasteiger partial charge in [-0.05, 0) is 90.9 Å². The second-order valence-electron chi connectivity index (χ2n) is 8.90. The molecule has 0 bridgehead atoms. The number of rotatable bonds is 3. The van der Waals surface area contributed by atoms with Crippen LogP contribution in [0.4, 0.5) is 0 Å². The van der Waals surface area contributed by atoms with E-state index in [1.807, 2.05) is 6.07 Å². The Hall–Kier alpha value is -1.55. The van der Waals surface area contributed by atoms with Crippen LogP contribution < -0.4 is 0 Å². The number of carbonyl (C=O) groups excluding carboxylic acids is 1. The number of aliphatic hydroxyl groups excluding tert-OH is 1. The lowest BCUT2D eigenvalue weighted by molar-refractivity contribution is -0.141. The number of fused-ring (bicyclic) bond motifs is 5. The van der Waals surface area contributed by atoms with E-state index in [4.69, 9.17) is 4.74 Å². The third-order valence-corrected chi connectivity index (χ3v) is 7.73. The molecular weight excluding hydrogens is 328 g/mol. The first-order valence-corrected chi connectivity index (χ1v) is 10.0. The Morgan fingerprint density at radius 1 is 1.31 bits per heavy atom. The summed E-state index contributed by atoms with van der Waals surface area (Å²) in [7, 11) is 1.45. The van der Waals surface area contributed by atoms with E-state index < -0.39 is 0 Å². The van der Waals surface area contributed by atoms with Crippen molar-refractivity contribution in [3.8, 4) is 5.75 Å². The summed E-state index contributed by atoms with van der Waals surface area (Å²) < 4.78 is 4.87. The Labute approximate surface area is 155 Å². The molecule has 0 spiro atoms. The molecule has 3 aliphatic rings. The van der Waals surface area contributed by atoms with Gasteiger partial charge in [0, 0.05) is 6.42 Å². The number of aryl methyl sites for hydroxylation is 1. The standard InChI is InChI=1S/C22H30O4/c1-22-12-14(4-10-20(25)26-2)21-16-7-5-15(23)11-13(16)3-6-17(21)18(22)8-9-19(22)24/h5,7,11,14,17-19,21,23-24H,3-4,6,8-10,12H2,1-2H3/t14-,17?,18?,19?,21?,22?/m0/s1. The summed E-state index contributed by atoms with van der Waals surface area (Å²) in [5.41, 5.74) is 2.59. The van der Waals surface area contributed by atoms with Crippen LogP contribution in [0.5, 0.6) is 5.75 Å². The lowest BCUT2D eigenvalue weighted by Crippen LogP contribution is -2.48.